The molecular weight excluding hydrogens is 386 g/mol. The van der Waals surface area contributed by atoms with Crippen LogP contribution in [0.3, 0.4) is 0 Å². The van der Waals surface area contributed by atoms with Crippen LogP contribution in [0.2, 0.25) is 0 Å². The van der Waals surface area contributed by atoms with Gasteiger partial charge in [0.25, 0.3) is 10.1 Å². The molecule has 1 aliphatic heterocycles. The van der Waals surface area contributed by atoms with Crippen LogP contribution < -0.4 is 0 Å². The molecule has 2 rings (SSSR count). The number of nitrogens with zero attached hydrogens (tertiary/aromatic N) is 1. The van der Waals surface area contributed by atoms with Crippen LogP contribution in [-0.2, 0) is 24.6 Å². The zero-order chi connectivity index (χ0) is 17.5. The summed E-state index contributed by atoms with van der Waals surface area (Å²) in [5.74, 6) is 0. The number of halogens is 1. The number of hydrogen-bond acceptors (Lipinski definition) is 5. The summed E-state index contributed by atoms with van der Waals surface area (Å²) in [6.07, 6.45) is 0.520. The average molecular weight is 406 g/mol. The maximum Gasteiger partial charge on any atom is 0.410 e. The summed E-state index contributed by atoms with van der Waals surface area (Å²) in [5, 5.41) is 0. The van der Waals surface area contributed by atoms with Crippen molar-refractivity contribution in [2.75, 3.05) is 19.3 Å². The van der Waals surface area contributed by atoms with Gasteiger partial charge in [-0.3, -0.25) is 4.18 Å². The number of benzene rings is 1. The van der Waals surface area contributed by atoms with Gasteiger partial charge in [-0.1, -0.05) is 28.1 Å². The van der Waals surface area contributed by atoms with E-state index in [1.807, 2.05) is 0 Å². The molecule has 0 radical (unpaired) electrons. The Labute approximate surface area is 145 Å². The molecule has 0 bridgehead atoms. The molecule has 1 fully saturated rings. The Morgan fingerprint density at radius 2 is 1.74 bits per heavy atom. The summed E-state index contributed by atoms with van der Waals surface area (Å²) in [6, 6.07) is 7.17. The van der Waals surface area contributed by atoms with Crippen LogP contribution in [0.1, 0.15) is 26.3 Å². The molecule has 1 heterocycles. The maximum atomic E-state index is 12.1. The molecule has 0 N–H and O–H groups in total. The minimum absolute atomic E-state index is 0.122. The molecule has 1 saturated heterocycles. The molecule has 1 amide bonds. The normalized spacial score (nSPS) is 17.5. The van der Waals surface area contributed by atoms with Gasteiger partial charge >= 0.3 is 6.09 Å². The summed E-state index contributed by atoms with van der Waals surface area (Å²) in [7, 11) is -3.68. The first-order chi connectivity index (χ1) is 10.4. The van der Waals surface area contributed by atoms with Crippen LogP contribution in [-0.4, -0.2) is 44.4 Å². The Morgan fingerprint density at radius 3 is 2.17 bits per heavy atom. The van der Waals surface area contributed by atoms with E-state index < -0.39 is 27.4 Å². The predicted octanol–water partition coefficient (Wildman–Crippen LogP) is 2.87. The van der Waals surface area contributed by atoms with Crippen molar-refractivity contribution < 1.29 is 22.1 Å². The maximum absolute atomic E-state index is 12.1. The SMILES string of the molecule is CC(C)(C)OC(=O)N1CC(OS(C)(=O)=O)(c2ccc(Br)cc2)C1. The minimum Gasteiger partial charge on any atom is -0.444 e. The minimum atomic E-state index is -3.68. The molecule has 0 saturated carbocycles. The van der Waals surface area contributed by atoms with E-state index in [1.54, 1.807) is 45.0 Å². The van der Waals surface area contributed by atoms with Gasteiger partial charge in [-0.2, -0.15) is 8.42 Å². The number of ether oxygens (including phenoxy) is 1. The van der Waals surface area contributed by atoms with Crippen molar-refractivity contribution in [3.8, 4) is 0 Å². The van der Waals surface area contributed by atoms with Gasteiger partial charge in [0, 0.05) is 4.47 Å². The van der Waals surface area contributed by atoms with E-state index in [1.165, 1.54) is 4.90 Å². The smallest absolute Gasteiger partial charge is 0.410 e. The molecular formula is C15H20BrNO5S. The lowest BCUT2D eigenvalue weighted by Crippen LogP contribution is -2.63. The zero-order valence-electron chi connectivity index (χ0n) is 13.5. The fourth-order valence-electron chi connectivity index (χ4n) is 2.35. The van der Waals surface area contributed by atoms with Crippen molar-refractivity contribution in [3.05, 3.63) is 34.3 Å². The summed E-state index contributed by atoms with van der Waals surface area (Å²) in [4.78, 5) is 13.5. The molecule has 23 heavy (non-hydrogen) atoms. The molecule has 0 aromatic heterocycles. The van der Waals surface area contributed by atoms with Gasteiger partial charge in [-0.25, -0.2) is 4.79 Å². The van der Waals surface area contributed by atoms with Gasteiger partial charge in [-0.05, 0) is 38.5 Å². The Bertz CT molecular complexity index is 688. The van der Waals surface area contributed by atoms with E-state index in [2.05, 4.69) is 15.9 Å². The van der Waals surface area contributed by atoms with E-state index in [0.29, 0.717) is 5.56 Å². The lowest BCUT2D eigenvalue weighted by Gasteiger charge is -2.48. The average Bonchev–Trinajstić information content (AvgIpc) is 2.30. The number of likely N-dealkylation sites (tertiary alicyclic amines) is 1. The third kappa shape index (κ3) is 4.68. The number of amides is 1. The van der Waals surface area contributed by atoms with E-state index >= 15 is 0 Å². The Kier molecular flexibility index (Phi) is 4.81. The van der Waals surface area contributed by atoms with E-state index in [9.17, 15) is 13.2 Å². The van der Waals surface area contributed by atoms with E-state index in [-0.39, 0.29) is 13.1 Å². The van der Waals surface area contributed by atoms with Gasteiger partial charge < -0.3 is 9.64 Å². The molecule has 1 aromatic rings. The first-order valence-electron chi connectivity index (χ1n) is 7.05. The second-order valence-electron chi connectivity index (χ2n) is 6.63. The highest BCUT2D eigenvalue weighted by molar-refractivity contribution is 9.10. The van der Waals surface area contributed by atoms with Crippen molar-refractivity contribution in [3.63, 3.8) is 0 Å². The Balaban J connectivity index is 2.20. The Morgan fingerprint density at radius 1 is 1.22 bits per heavy atom. The highest BCUT2D eigenvalue weighted by atomic mass is 79.9. The van der Waals surface area contributed by atoms with Crippen LogP contribution in [0.25, 0.3) is 0 Å². The molecule has 0 unspecified atom stereocenters. The molecule has 1 aromatic carbocycles. The summed E-state index contributed by atoms with van der Waals surface area (Å²) in [6.45, 7) is 5.58. The monoisotopic (exact) mass is 405 g/mol. The molecule has 0 aliphatic carbocycles. The van der Waals surface area contributed by atoms with Crippen LogP contribution in [0, 0.1) is 0 Å². The van der Waals surface area contributed by atoms with Crippen LogP contribution >= 0.6 is 15.9 Å². The third-order valence-electron chi connectivity index (χ3n) is 3.23. The number of rotatable bonds is 3. The van der Waals surface area contributed by atoms with Gasteiger partial charge in [-0.15, -0.1) is 0 Å². The van der Waals surface area contributed by atoms with Crippen molar-refractivity contribution >= 4 is 32.1 Å². The number of hydrogen-bond donors (Lipinski definition) is 0. The standard InChI is InChI=1S/C15H20BrNO5S/c1-14(2,3)21-13(18)17-9-15(10-17,22-23(4,19)20)11-5-7-12(16)8-6-11/h5-8H,9-10H2,1-4H3. The quantitative estimate of drug-likeness (QED) is 0.722. The largest absolute Gasteiger partial charge is 0.444 e. The van der Waals surface area contributed by atoms with Gasteiger partial charge in [0.05, 0.1) is 19.3 Å². The van der Waals surface area contributed by atoms with E-state index in [4.69, 9.17) is 8.92 Å². The Hall–Kier alpha value is -1.12. The van der Waals surface area contributed by atoms with Crippen molar-refractivity contribution in [1.82, 2.24) is 4.90 Å². The number of carbonyl (C=O) groups excluding carboxylic acids is 1. The van der Waals surface area contributed by atoms with Crippen LogP contribution in [0.4, 0.5) is 4.79 Å². The zero-order valence-corrected chi connectivity index (χ0v) is 15.9. The highest BCUT2D eigenvalue weighted by Gasteiger charge is 2.51. The van der Waals surface area contributed by atoms with Crippen molar-refractivity contribution in [2.24, 2.45) is 0 Å². The van der Waals surface area contributed by atoms with E-state index in [0.717, 1.165) is 10.7 Å². The lowest BCUT2D eigenvalue weighted by molar-refractivity contribution is -0.0827. The molecule has 128 valence electrons. The lowest BCUT2D eigenvalue weighted by atomic mass is 9.86. The van der Waals surface area contributed by atoms with Gasteiger partial charge in [0.2, 0.25) is 0 Å². The summed E-state index contributed by atoms with van der Waals surface area (Å²) < 4.78 is 34.7. The molecule has 0 atom stereocenters. The first kappa shape index (κ1) is 18.2. The van der Waals surface area contributed by atoms with Gasteiger partial charge in [0.15, 0.2) is 0 Å². The summed E-state index contributed by atoms with van der Waals surface area (Å²) in [5.41, 5.74) is -0.971. The topological polar surface area (TPSA) is 72.9 Å². The second-order valence-corrected chi connectivity index (χ2v) is 9.12. The fourth-order valence-corrected chi connectivity index (χ4v) is 3.40. The van der Waals surface area contributed by atoms with Crippen molar-refractivity contribution in [2.45, 2.75) is 32.0 Å². The number of carbonyl (C=O) groups is 1. The summed E-state index contributed by atoms with van der Waals surface area (Å²) >= 11 is 3.34. The molecule has 1 aliphatic rings. The molecule has 0 spiro atoms. The fraction of sp³-hybridized carbons (Fsp3) is 0.533. The van der Waals surface area contributed by atoms with Gasteiger partial charge in [0.1, 0.15) is 11.2 Å². The van der Waals surface area contributed by atoms with Crippen LogP contribution in [0.5, 0.6) is 0 Å². The molecule has 6 nitrogen and oxygen atoms in total. The van der Waals surface area contributed by atoms with Crippen molar-refractivity contribution in [1.29, 1.82) is 0 Å². The first-order valence-corrected chi connectivity index (χ1v) is 9.66. The highest BCUT2D eigenvalue weighted by Crippen LogP contribution is 2.38. The third-order valence-corrected chi connectivity index (χ3v) is 4.38. The second kappa shape index (κ2) is 6.07. The molecule has 8 heteroatoms. The predicted molar refractivity (Wildman–Crippen MR) is 89.6 cm³/mol. The van der Waals surface area contributed by atoms with Crippen LogP contribution in [0.15, 0.2) is 28.7 Å².